The molecule has 1 aromatic rings. The van der Waals surface area contributed by atoms with Crippen molar-refractivity contribution in [1.29, 1.82) is 0 Å². The van der Waals surface area contributed by atoms with E-state index in [1.165, 1.54) is 23.4 Å². The number of thiazole rings is 1. The second kappa shape index (κ2) is 4.19. The van der Waals surface area contributed by atoms with Crippen molar-refractivity contribution in [3.05, 3.63) is 16.1 Å². The van der Waals surface area contributed by atoms with E-state index < -0.39 is 0 Å². The van der Waals surface area contributed by atoms with E-state index >= 15 is 0 Å². The van der Waals surface area contributed by atoms with Gasteiger partial charge in [0.1, 0.15) is 0 Å². The third-order valence-electron chi connectivity index (χ3n) is 3.25. The summed E-state index contributed by atoms with van der Waals surface area (Å²) in [6.07, 6.45) is 3.57. The van der Waals surface area contributed by atoms with Crippen LogP contribution in [0.1, 0.15) is 42.7 Å². The fourth-order valence-electron chi connectivity index (χ4n) is 2.30. The number of alkyl halides is 1. The molecule has 3 heteroatoms. The summed E-state index contributed by atoms with van der Waals surface area (Å²) in [6, 6.07) is 0. The molecule has 2 rings (SSSR count). The largest absolute Gasteiger partial charge is 0.250 e. The highest BCUT2D eigenvalue weighted by Crippen LogP contribution is 2.41. The Kier molecular flexibility index (Phi) is 3.13. The van der Waals surface area contributed by atoms with Crippen LogP contribution < -0.4 is 0 Å². The summed E-state index contributed by atoms with van der Waals surface area (Å²) in [5, 5.41) is 0.373. The third kappa shape index (κ3) is 1.96. The van der Waals surface area contributed by atoms with Gasteiger partial charge < -0.3 is 0 Å². The van der Waals surface area contributed by atoms with Gasteiger partial charge in [0.15, 0.2) is 0 Å². The number of halogens is 1. The van der Waals surface area contributed by atoms with Gasteiger partial charge in [0.2, 0.25) is 0 Å². The maximum absolute atomic E-state index is 6.23. The Balaban J connectivity index is 2.20. The molecule has 3 atom stereocenters. The topological polar surface area (TPSA) is 12.9 Å². The monoisotopic (exact) mass is 229 g/mol. The highest BCUT2D eigenvalue weighted by Gasteiger charge is 2.29. The maximum atomic E-state index is 6.23. The minimum atomic E-state index is 0.373. The molecule has 0 bridgehead atoms. The van der Waals surface area contributed by atoms with Gasteiger partial charge >= 0.3 is 0 Å². The summed E-state index contributed by atoms with van der Waals surface area (Å²) in [7, 11) is 0. The molecule has 78 valence electrons. The molecule has 0 aromatic carbocycles. The van der Waals surface area contributed by atoms with Crippen molar-refractivity contribution in [2.24, 2.45) is 5.92 Å². The molecular weight excluding hydrogens is 214 g/mol. The van der Waals surface area contributed by atoms with E-state index in [-0.39, 0.29) is 0 Å². The molecule has 1 aliphatic carbocycles. The van der Waals surface area contributed by atoms with E-state index in [0.717, 1.165) is 12.3 Å². The van der Waals surface area contributed by atoms with Gasteiger partial charge in [-0.05, 0) is 38.0 Å². The lowest BCUT2D eigenvalue weighted by Gasteiger charge is -2.31. The number of hydrogen-bond acceptors (Lipinski definition) is 2. The molecule has 1 nitrogen and oxygen atoms in total. The van der Waals surface area contributed by atoms with Crippen LogP contribution in [0.4, 0.5) is 0 Å². The van der Waals surface area contributed by atoms with Crippen molar-refractivity contribution in [1.82, 2.24) is 4.98 Å². The van der Waals surface area contributed by atoms with Crippen LogP contribution in [-0.4, -0.2) is 10.4 Å². The van der Waals surface area contributed by atoms with E-state index in [1.54, 1.807) is 11.3 Å². The number of aromatic nitrogens is 1. The van der Waals surface area contributed by atoms with Gasteiger partial charge in [-0.2, -0.15) is 0 Å². The van der Waals surface area contributed by atoms with Crippen molar-refractivity contribution in [3.63, 3.8) is 0 Å². The van der Waals surface area contributed by atoms with Crippen molar-refractivity contribution < 1.29 is 0 Å². The summed E-state index contributed by atoms with van der Waals surface area (Å²) in [5.41, 5.74) is 3.16. The average molecular weight is 230 g/mol. The van der Waals surface area contributed by atoms with E-state index in [9.17, 15) is 0 Å². The first-order chi connectivity index (χ1) is 6.68. The van der Waals surface area contributed by atoms with Gasteiger partial charge in [0.25, 0.3) is 0 Å². The molecule has 1 heterocycles. The second-order valence-corrected chi connectivity index (χ2v) is 5.80. The quantitative estimate of drug-likeness (QED) is 0.665. The van der Waals surface area contributed by atoms with Crippen molar-refractivity contribution in [2.75, 3.05) is 0 Å². The van der Waals surface area contributed by atoms with Gasteiger partial charge in [-0.3, -0.25) is 0 Å². The van der Waals surface area contributed by atoms with E-state index in [2.05, 4.69) is 18.8 Å². The molecule has 1 aliphatic rings. The molecule has 3 unspecified atom stereocenters. The molecule has 14 heavy (non-hydrogen) atoms. The summed E-state index contributed by atoms with van der Waals surface area (Å²) >= 11 is 8.02. The first kappa shape index (κ1) is 10.4. The van der Waals surface area contributed by atoms with Crippen molar-refractivity contribution >= 4 is 22.9 Å². The highest BCUT2D eigenvalue weighted by molar-refractivity contribution is 7.09. The Morgan fingerprint density at radius 1 is 1.50 bits per heavy atom. The first-order valence-electron chi connectivity index (χ1n) is 5.22. The molecule has 0 saturated heterocycles. The molecule has 0 radical (unpaired) electrons. The zero-order valence-corrected chi connectivity index (χ0v) is 10.2. The van der Waals surface area contributed by atoms with Crippen LogP contribution in [0.15, 0.2) is 5.51 Å². The van der Waals surface area contributed by atoms with Crippen LogP contribution in [-0.2, 0) is 0 Å². The highest BCUT2D eigenvalue weighted by atomic mass is 35.5. The minimum absolute atomic E-state index is 0.373. The predicted octanol–water partition coefficient (Wildman–Crippen LogP) is 3.96. The van der Waals surface area contributed by atoms with Crippen LogP contribution in [0, 0.1) is 12.8 Å². The molecule has 1 aromatic heterocycles. The number of rotatable bonds is 1. The normalized spacial score (nSPS) is 33.2. The fraction of sp³-hybridized carbons (Fsp3) is 0.727. The van der Waals surface area contributed by atoms with E-state index in [0.29, 0.717) is 11.3 Å². The van der Waals surface area contributed by atoms with Gasteiger partial charge in [0, 0.05) is 10.3 Å². The zero-order chi connectivity index (χ0) is 10.1. The fourth-order valence-corrected chi connectivity index (χ4v) is 3.67. The average Bonchev–Trinajstić information content (AvgIpc) is 2.56. The lowest BCUT2D eigenvalue weighted by atomic mass is 9.79. The molecule has 1 saturated carbocycles. The summed E-state index contributed by atoms with van der Waals surface area (Å²) < 4.78 is 0. The third-order valence-corrected chi connectivity index (χ3v) is 4.71. The summed E-state index contributed by atoms with van der Waals surface area (Å²) in [6.45, 7) is 4.45. The van der Waals surface area contributed by atoms with Crippen molar-refractivity contribution in [3.8, 4) is 0 Å². The van der Waals surface area contributed by atoms with Crippen LogP contribution in [0.5, 0.6) is 0 Å². The lowest BCUT2D eigenvalue weighted by molar-refractivity contribution is 0.337. The van der Waals surface area contributed by atoms with Gasteiger partial charge in [-0.1, -0.05) is 6.92 Å². The summed E-state index contributed by atoms with van der Waals surface area (Å²) in [4.78, 5) is 5.79. The minimum Gasteiger partial charge on any atom is -0.250 e. The number of nitrogens with zero attached hydrogens (tertiary/aromatic N) is 1. The standard InChI is InChI=1S/C11H16ClNS/c1-7-3-4-9(12)5-10(7)11-8(2)13-6-14-11/h6-7,9-10H,3-5H2,1-2H3. The van der Waals surface area contributed by atoms with E-state index in [1.807, 2.05) is 5.51 Å². The van der Waals surface area contributed by atoms with Crippen LogP contribution in [0.3, 0.4) is 0 Å². The van der Waals surface area contributed by atoms with Crippen LogP contribution in [0.2, 0.25) is 0 Å². The second-order valence-electron chi connectivity index (χ2n) is 4.30. The molecule has 1 fully saturated rings. The number of aryl methyl sites for hydroxylation is 1. The Hall–Kier alpha value is -0.0800. The van der Waals surface area contributed by atoms with E-state index in [4.69, 9.17) is 11.6 Å². The van der Waals surface area contributed by atoms with Crippen LogP contribution >= 0.6 is 22.9 Å². The molecule has 0 aliphatic heterocycles. The van der Waals surface area contributed by atoms with Gasteiger partial charge in [0.05, 0.1) is 11.2 Å². The van der Waals surface area contributed by atoms with Crippen molar-refractivity contribution in [2.45, 2.75) is 44.4 Å². The Bertz CT molecular complexity index is 310. The molecule has 0 N–H and O–H groups in total. The van der Waals surface area contributed by atoms with Crippen LogP contribution in [0.25, 0.3) is 0 Å². The van der Waals surface area contributed by atoms with Gasteiger partial charge in [-0.15, -0.1) is 22.9 Å². The SMILES string of the molecule is Cc1ncsc1C1CC(Cl)CCC1C. The maximum Gasteiger partial charge on any atom is 0.0797 e. The Morgan fingerprint density at radius 3 is 2.93 bits per heavy atom. The first-order valence-corrected chi connectivity index (χ1v) is 6.54. The van der Waals surface area contributed by atoms with Gasteiger partial charge in [-0.25, -0.2) is 4.98 Å². The Labute approximate surface area is 94.5 Å². The lowest BCUT2D eigenvalue weighted by Crippen LogP contribution is -2.21. The Morgan fingerprint density at radius 2 is 2.29 bits per heavy atom. The molecular formula is C11H16ClNS. The number of hydrogen-bond donors (Lipinski definition) is 0. The predicted molar refractivity (Wildman–Crippen MR) is 62.2 cm³/mol. The molecule has 0 spiro atoms. The molecule has 0 amide bonds. The smallest absolute Gasteiger partial charge is 0.0797 e. The zero-order valence-electron chi connectivity index (χ0n) is 8.66. The summed E-state index contributed by atoms with van der Waals surface area (Å²) in [5.74, 6) is 1.42.